The maximum Gasteiger partial charge on any atom is 0.236 e. The first kappa shape index (κ1) is 18.3. The van der Waals surface area contributed by atoms with Gasteiger partial charge in [-0.05, 0) is 43.8 Å². The minimum absolute atomic E-state index is 0.169. The molecule has 0 unspecified atom stereocenters. The maximum absolute atomic E-state index is 11.8. The number of hydrogen-bond donors (Lipinski definition) is 0. The van der Waals surface area contributed by atoms with Crippen LogP contribution in [0.25, 0.3) is 0 Å². The van der Waals surface area contributed by atoms with E-state index in [2.05, 4.69) is 11.8 Å². The second kappa shape index (κ2) is 10.1. The van der Waals surface area contributed by atoms with Crippen LogP contribution in [0.1, 0.15) is 19.8 Å². The van der Waals surface area contributed by atoms with Crippen molar-refractivity contribution in [3.63, 3.8) is 0 Å². The second-order valence-corrected chi connectivity index (χ2v) is 6.74. The lowest BCUT2D eigenvalue weighted by atomic mass is 10.3. The summed E-state index contributed by atoms with van der Waals surface area (Å²) in [6, 6.07) is 7.92. The smallest absolute Gasteiger partial charge is 0.236 e. The van der Waals surface area contributed by atoms with Crippen LogP contribution < -0.4 is 0 Å². The molecule has 1 aromatic rings. The molecule has 0 radical (unpaired) electrons. The Morgan fingerprint density at radius 3 is 2.57 bits per heavy atom. The van der Waals surface area contributed by atoms with Gasteiger partial charge >= 0.3 is 0 Å². The third-order valence-corrected chi connectivity index (χ3v) is 4.71. The molecule has 0 heterocycles. The highest BCUT2D eigenvalue weighted by Crippen LogP contribution is 2.26. The fourth-order valence-electron chi connectivity index (χ4n) is 1.95. The van der Waals surface area contributed by atoms with Crippen molar-refractivity contribution in [2.45, 2.75) is 24.7 Å². The highest BCUT2D eigenvalue weighted by Gasteiger charge is 2.11. The van der Waals surface area contributed by atoms with Crippen LogP contribution in [0, 0.1) is 0 Å². The predicted molar refractivity (Wildman–Crippen MR) is 92.2 cm³/mol. The summed E-state index contributed by atoms with van der Waals surface area (Å²) in [5.41, 5.74) is 0. The largest absolute Gasteiger partial charge is 0.348 e. The van der Waals surface area contributed by atoms with Crippen molar-refractivity contribution >= 4 is 29.3 Å². The first-order valence-corrected chi connectivity index (χ1v) is 8.70. The van der Waals surface area contributed by atoms with Gasteiger partial charge in [0.15, 0.2) is 0 Å². The third kappa shape index (κ3) is 7.21. The van der Waals surface area contributed by atoms with Crippen molar-refractivity contribution in [3.05, 3.63) is 29.3 Å². The molecule has 5 heteroatoms. The Bertz CT molecular complexity index is 440. The zero-order chi connectivity index (χ0) is 15.7. The van der Waals surface area contributed by atoms with E-state index in [-0.39, 0.29) is 5.91 Å². The molecule has 0 aliphatic heterocycles. The molecule has 21 heavy (non-hydrogen) atoms. The van der Waals surface area contributed by atoms with Gasteiger partial charge in [-0.15, -0.1) is 11.8 Å². The Balaban J connectivity index is 2.33. The van der Waals surface area contributed by atoms with E-state index in [4.69, 9.17) is 11.6 Å². The van der Waals surface area contributed by atoms with Gasteiger partial charge in [0.1, 0.15) is 0 Å². The number of benzene rings is 1. The van der Waals surface area contributed by atoms with Crippen LogP contribution in [0.5, 0.6) is 0 Å². The number of carbonyl (C=O) groups is 1. The Labute approximate surface area is 137 Å². The van der Waals surface area contributed by atoms with Crippen molar-refractivity contribution in [2.24, 2.45) is 0 Å². The lowest BCUT2D eigenvalue weighted by Gasteiger charge is -2.22. The number of hydrogen-bond acceptors (Lipinski definition) is 3. The molecule has 3 nitrogen and oxygen atoms in total. The Kier molecular flexibility index (Phi) is 8.81. The van der Waals surface area contributed by atoms with Gasteiger partial charge in [0.05, 0.1) is 11.6 Å². The van der Waals surface area contributed by atoms with E-state index in [1.807, 2.05) is 24.3 Å². The molecule has 0 aromatic heterocycles. The molecule has 1 rings (SSSR count). The van der Waals surface area contributed by atoms with Crippen molar-refractivity contribution in [1.29, 1.82) is 0 Å². The summed E-state index contributed by atoms with van der Waals surface area (Å²) in [4.78, 5) is 16.8. The first-order valence-electron chi connectivity index (χ1n) is 7.34. The number of carbonyl (C=O) groups excluding carboxylic acids is 1. The van der Waals surface area contributed by atoms with Crippen LogP contribution in [0.2, 0.25) is 5.02 Å². The number of nitrogens with zero attached hydrogens (tertiary/aromatic N) is 2. The van der Waals surface area contributed by atoms with Gasteiger partial charge in [-0.25, -0.2) is 0 Å². The fourth-order valence-corrected chi connectivity index (χ4v) is 3.12. The Morgan fingerprint density at radius 1 is 1.24 bits per heavy atom. The summed E-state index contributed by atoms with van der Waals surface area (Å²) in [6.07, 6.45) is 2.12. The highest BCUT2D eigenvalue weighted by atomic mass is 35.5. The Morgan fingerprint density at radius 2 is 1.95 bits per heavy atom. The second-order valence-electron chi connectivity index (χ2n) is 5.20. The Hall–Kier alpha value is -0.710. The van der Waals surface area contributed by atoms with Crippen LogP contribution in [0.3, 0.4) is 0 Å². The molecule has 0 atom stereocenters. The first-order chi connectivity index (χ1) is 10.0. The van der Waals surface area contributed by atoms with Gasteiger partial charge in [-0.2, -0.15) is 0 Å². The molecule has 0 bridgehead atoms. The summed E-state index contributed by atoms with van der Waals surface area (Å²) in [5, 5.41) is 0.815. The number of rotatable bonds is 9. The average Bonchev–Trinajstić information content (AvgIpc) is 2.45. The molecule has 0 aliphatic rings. The molecule has 1 amide bonds. The number of likely N-dealkylation sites (N-methyl/N-ethyl adjacent to an activating group) is 1. The van der Waals surface area contributed by atoms with Crippen LogP contribution in [0.15, 0.2) is 29.2 Å². The van der Waals surface area contributed by atoms with Crippen molar-refractivity contribution < 1.29 is 4.79 Å². The van der Waals surface area contributed by atoms with Gasteiger partial charge in [-0.3, -0.25) is 9.69 Å². The lowest BCUT2D eigenvalue weighted by molar-refractivity contribution is -0.129. The third-order valence-electron chi connectivity index (χ3n) is 3.11. The maximum atomic E-state index is 11.8. The highest BCUT2D eigenvalue weighted by molar-refractivity contribution is 7.99. The van der Waals surface area contributed by atoms with Gasteiger partial charge in [-0.1, -0.05) is 30.7 Å². The minimum Gasteiger partial charge on any atom is -0.348 e. The zero-order valence-electron chi connectivity index (χ0n) is 13.1. The average molecular weight is 329 g/mol. The van der Waals surface area contributed by atoms with E-state index in [0.29, 0.717) is 6.54 Å². The van der Waals surface area contributed by atoms with E-state index >= 15 is 0 Å². The molecule has 0 N–H and O–H groups in total. The monoisotopic (exact) mass is 328 g/mol. The van der Waals surface area contributed by atoms with Gasteiger partial charge < -0.3 is 4.90 Å². The number of thioether (sulfide) groups is 1. The van der Waals surface area contributed by atoms with Gasteiger partial charge in [0.25, 0.3) is 0 Å². The normalized spacial score (nSPS) is 10.9. The van der Waals surface area contributed by atoms with Crippen molar-refractivity contribution in [1.82, 2.24) is 9.80 Å². The topological polar surface area (TPSA) is 23.6 Å². The summed E-state index contributed by atoms with van der Waals surface area (Å²) in [7, 11) is 3.61. The number of halogens is 1. The molecule has 0 spiro atoms. The van der Waals surface area contributed by atoms with Crippen molar-refractivity contribution in [3.8, 4) is 0 Å². The summed E-state index contributed by atoms with van der Waals surface area (Å²) in [5.74, 6) is 1.18. The molecular formula is C16H25ClN2OS. The van der Waals surface area contributed by atoms with Crippen molar-refractivity contribution in [2.75, 3.05) is 39.5 Å². The molecule has 0 aliphatic carbocycles. The van der Waals surface area contributed by atoms with E-state index in [1.165, 1.54) is 0 Å². The molecule has 0 saturated carbocycles. The lowest BCUT2D eigenvalue weighted by Crippen LogP contribution is -2.37. The molecule has 118 valence electrons. The SMILES string of the molecule is CCCN(CCCSc1ccccc1Cl)CC(=O)N(C)C. The molecular weight excluding hydrogens is 304 g/mol. The number of amides is 1. The minimum atomic E-state index is 0.169. The van der Waals surface area contributed by atoms with Crippen LogP contribution in [-0.4, -0.2) is 55.2 Å². The van der Waals surface area contributed by atoms with Gasteiger partial charge in [0.2, 0.25) is 5.91 Å². The van der Waals surface area contributed by atoms with E-state index in [1.54, 1.807) is 30.8 Å². The summed E-state index contributed by atoms with van der Waals surface area (Å²) < 4.78 is 0. The quantitative estimate of drug-likeness (QED) is 0.511. The van der Waals surface area contributed by atoms with E-state index in [9.17, 15) is 4.79 Å². The molecule has 1 aromatic carbocycles. The summed E-state index contributed by atoms with van der Waals surface area (Å²) >= 11 is 7.92. The molecule has 0 fully saturated rings. The zero-order valence-corrected chi connectivity index (χ0v) is 14.7. The summed E-state index contributed by atoms with van der Waals surface area (Å²) in [6.45, 7) is 4.57. The standard InChI is InChI=1S/C16H25ClN2OS/c1-4-10-19(13-16(20)18(2)3)11-7-12-21-15-9-6-5-8-14(15)17/h5-6,8-9H,4,7,10-13H2,1-3H3. The van der Waals surface area contributed by atoms with E-state index in [0.717, 1.165) is 41.6 Å². The van der Waals surface area contributed by atoms with E-state index < -0.39 is 0 Å². The van der Waals surface area contributed by atoms with Crippen LogP contribution >= 0.6 is 23.4 Å². The van der Waals surface area contributed by atoms with Crippen LogP contribution in [0.4, 0.5) is 0 Å². The van der Waals surface area contributed by atoms with Gasteiger partial charge in [0, 0.05) is 19.0 Å². The fraction of sp³-hybridized carbons (Fsp3) is 0.562. The molecule has 0 saturated heterocycles. The predicted octanol–water partition coefficient (Wildman–Crippen LogP) is 3.62. The van der Waals surface area contributed by atoms with Crippen LogP contribution in [-0.2, 0) is 4.79 Å².